The van der Waals surface area contributed by atoms with Gasteiger partial charge in [-0.2, -0.15) is 0 Å². The quantitative estimate of drug-likeness (QED) is 0.610. The van der Waals surface area contributed by atoms with Crippen molar-refractivity contribution in [3.8, 4) is 5.75 Å². The van der Waals surface area contributed by atoms with Gasteiger partial charge < -0.3 is 10.2 Å². The first-order valence-corrected chi connectivity index (χ1v) is 4.72. The Labute approximate surface area is 95.4 Å². The molecule has 2 N–H and O–H groups in total. The highest BCUT2D eigenvalue weighted by atomic mass is 16.6. The van der Waals surface area contributed by atoms with Crippen LogP contribution in [0, 0.1) is 20.2 Å². The van der Waals surface area contributed by atoms with Crippen molar-refractivity contribution in [2.75, 3.05) is 0 Å². The molecule has 8 nitrogen and oxygen atoms in total. The van der Waals surface area contributed by atoms with Crippen LogP contribution in [-0.2, 0) is 0 Å². The maximum Gasteiger partial charge on any atom is 0.317 e. The molecule has 0 aromatic heterocycles. The van der Waals surface area contributed by atoms with Gasteiger partial charge in [-0.3, -0.25) is 20.2 Å². The third-order valence-corrected chi connectivity index (χ3v) is 2.26. The Morgan fingerprint density at radius 3 is 2.29 bits per heavy atom. The van der Waals surface area contributed by atoms with E-state index in [1.165, 1.54) is 0 Å². The summed E-state index contributed by atoms with van der Waals surface area (Å²) in [5, 5.41) is 40.2. The smallest absolute Gasteiger partial charge is 0.317 e. The molecule has 0 saturated heterocycles. The molecule has 1 rings (SSSR count). The molecule has 0 aliphatic carbocycles. The van der Waals surface area contributed by atoms with Crippen molar-refractivity contribution >= 4 is 11.4 Å². The van der Waals surface area contributed by atoms with Crippen LogP contribution in [0.5, 0.6) is 5.75 Å². The molecule has 0 radical (unpaired) electrons. The number of rotatable bonds is 4. The molecule has 0 saturated carbocycles. The lowest BCUT2D eigenvalue weighted by atomic mass is 10.0. The van der Waals surface area contributed by atoms with E-state index in [1.54, 1.807) is 6.92 Å². The molecule has 92 valence electrons. The zero-order valence-electron chi connectivity index (χ0n) is 8.86. The number of hydrogen-bond donors (Lipinski definition) is 2. The summed E-state index contributed by atoms with van der Waals surface area (Å²) in [5.74, 6) is -0.741. The van der Waals surface area contributed by atoms with Crippen LogP contribution in [0.4, 0.5) is 11.4 Å². The summed E-state index contributed by atoms with van der Waals surface area (Å²) >= 11 is 0. The molecule has 0 amide bonds. The Hall–Kier alpha value is -2.22. The fourth-order valence-corrected chi connectivity index (χ4v) is 1.34. The van der Waals surface area contributed by atoms with Crippen LogP contribution in [0.1, 0.15) is 25.0 Å². The van der Waals surface area contributed by atoms with Crippen molar-refractivity contribution in [1.82, 2.24) is 0 Å². The van der Waals surface area contributed by atoms with Crippen LogP contribution in [0.2, 0.25) is 0 Å². The molecular formula is C9H10N2O6. The molecule has 0 aliphatic rings. The first-order chi connectivity index (χ1) is 7.88. The highest BCUT2D eigenvalue weighted by Crippen LogP contribution is 2.38. The van der Waals surface area contributed by atoms with Gasteiger partial charge in [0.25, 0.3) is 5.69 Å². The highest BCUT2D eigenvalue weighted by Gasteiger charge is 2.26. The van der Waals surface area contributed by atoms with Gasteiger partial charge >= 0.3 is 5.69 Å². The Balaban J connectivity index is 3.48. The van der Waals surface area contributed by atoms with E-state index in [9.17, 15) is 30.4 Å². The van der Waals surface area contributed by atoms with Gasteiger partial charge in [-0.25, -0.2) is 0 Å². The average molecular weight is 242 g/mol. The van der Waals surface area contributed by atoms with Crippen molar-refractivity contribution < 1.29 is 20.1 Å². The number of nitro benzene ring substituents is 2. The zero-order chi connectivity index (χ0) is 13.2. The van der Waals surface area contributed by atoms with Crippen molar-refractivity contribution in [3.63, 3.8) is 0 Å². The topological polar surface area (TPSA) is 127 Å². The monoisotopic (exact) mass is 242 g/mol. The average Bonchev–Trinajstić information content (AvgIpc) is 2.27. The van der Waals surface area contributed by atoms with Gasteiger partial charge in [0, 0.05) is 11.6 Å². The third-order valence-electron chi connectivity index (χ3n) is 2.26. The molecule has 8 heteroatoms. The number of aliphatic hydroxyl groups excluding tert-OH is 1. The minimum Gasteiger partial charge on any atom is -0.502 e. The normalized spacial score (nSPS) is 12.1. The third kappa shape index (κ3) is 2.48. The number of non-ortho nitro benzene ring substituents is 1. The number of nitrogens with zero attached hydrogens (tertiary/aromatic N) is 2. The van der Waals surface area contributed by atoms with Crippen LogP contribution >= 0.6 is 0 Å². The van der Waals surface area contributed by atoms with Crippen LogP contribution in [0.3, 0.4) is 0 Å². The minimum absolute atomic E-state index is 0.173. The van der Waals surface area contributed by atoms with Gasteiger partial charge in [-0.1, -0.05) is 6.92 Å². The zero-order valence-corrected chi connectivity index (χ0v) is 8.86. The van der Waals surface area contributed by atoms with Crippen LogP contribution in [0.15, 0.2) is 12.1 Å². The van der Waals surface area contributed by atoms with E-state index in [4.69, 9.17) is 0 Å². The Morgan fingerprint density at radius 1 is 1.29 bits per heavy atom. The number of aliphatic hydroxyl groups is 1. The minimum atomic E-state index is -1.19. The highest BCUT2D eigenvalue weighted by molar-refractivity contribution is 5.58. The summed E-state index contributed by atoms with van der Waals surface area (Å²) in [4.78, 5) is 19.4. The number of phenols is 1. The molecule has 1 unspecified atom stereocenters. The second-order valence-electron chi connectivity index (χ2n) is 3.34. The predicted molar refractivity (Wildman–Crippen MR) is 56.7 cm³/mol. The lowest BCUT2D eigenvalue weighted by Gasteiger charge is -2.09. The van der Waals surface area contributed by atoms with E-state index in [0.717, 1.165) is 6.07 Å². The summed E-state index contributed by atoms with van der Waals surface area (Å²) in [7, 11) is 0. The van der Waals surface area contributed by atoms with E-state index < -0.39 is 33.1 Å². The van der Waals surface area contributed by atoms with Gasteiger partial charge in [0.1, 0.15) is 0 Å². The Kier molecular flexibility index (Phi) is 3.59. The van der Waals surface area contributed by atoms with Crippen LogP contribution in [0.25, 0.3) is 0 Å². The molecule has 1 aromatic rings. The standard InChI is InChI=1S/C9H10N2O6/c1-2-8(12)6-3-5(10(14)15)4-7(9(6)13)11(16)17/h3-4,8,12-13H,2H2,1H3. The molecular weight excluding hydrogens is 232 g/mol. The van der Waals surface area contributed by atoms with Crippen molar-refractivity contribution in [1.29, 1.82) is 0 Å². The van der Waals surface area contributed by atoms with Gasteiger partial charge in [0.2, 0.25) is 5.75 Å². The SMILES string of the molecule is CCC(O)c1cc([N+](=O)[O-])cc([N+](=O)[O-])c1O. The summed E-state index contributed by atoms with van der Waals surface area (Å²) in [6.45, 7) is 1.58. The number of aromatic hydroxyl groups is 1. The maximum atomic E-state index is 10.6. The van der Waals surface area contributed by atoms with Gasteiger partial charge in [0.15, 0.2) is 0 Å². The van der Waals surface area contributed by atoms with Crippen LogP contribution < -0.4 is 0 Å². The largest absolute Gasteiger partial charge is 0.502 e. The number of hydrogen-bond acceptors (Lipinski definition) is 6. The second-order valence-corrected chi connectivity index (χ2v) is 3.34. The molecule has 0 heterocycles. The lowest BCUT2D eigenvalue weighted by Crippen LogP contribution is -2.01. The first-order valence-electron chi connectivity index (χ1n) is 4.72. The van der Waals surface area contributed by atoms with Gasteiger partial charge in [-0.05, 0) is 6.42 Å². The molecule has 0 bridgehead atoms. The number of benzene rings is 1. The molecule has 0 aliphatic heterocycles. The molecule has 0 spiro atoms. The van der Waals surface area contributed by atoms with Gasteiger partial charge in [-0.15, -0.1) is 0 Å². The van der Waals surface area contributed by atoms with Gasteiger partial charge in [0.05, 0.1) is 22.0 Å². The second kappa shape index (κ2) is 4.74. The molecule has 1 atom stereocenters. The maximum absolute atomic E-state index is 10.6. The van der Waals surface area contributed by atoms with Crippen LogP contribution in [-0.4, -0.2) is 20.1 Å². The number of nitro groups is 2. The van der Waals surface area contributed by atoms with E-state index in [0.29, 0.717) is 6.07 Å². The summed E-state index contributed by atoms with van der Waals surface area (Å²) in [6, 6.07) is 1.58. The lowest BCUT2D eigenvalue weighted by molar-refractivity contribution is -0.394. The van der Waals surface area contributed by atoms with E-state index in [1.807, 2.05) is 0 Å². The molecule has 1 aromatic carbocycles. The van der Waals surface area contributed by atoms with E-state index in [-0.39, 0.29) is 12.0 Å². The predicted octanol–water partition coefficient (Wildman–Crippen LogP) is 1.65. The Bertz CT molecular complexity index is 473. The van der Waals surface area contributed by atoms with E-state index in [2.05, 4.69) is 0 Å². The fourth-order valence-electron chi connectivity index (χ4n) is 1.34. The summed E-state index contributed by atoms with van der Waals surface area (Å²) < 4.78 is 0. The molecule has 17 heavy (non-hydrogen) atoms. The van der Waals surface area contributed by atoms with Crippen molar-refractivity contribution in [2.45, 2.75) is 19.4 Å². The van der Waals surface area contributed by atoms with E-state index >= 15 is 0 Å². The Morgan fingerprint density at radius 2 is 1.88 bits per heavy atom. The summed E-state index contributed by atoms with van der Waals surface area (Å²) in [5.41, 5.74) is -1.55. The fraction of sp³-hybridized carbons (Fsp3) is 0.333. The number of phenolic OH excluding ortho intramolecular Hbond substituents is 1. The van der Waals surface area contributed by atoms with Crippen molar-refractivity contribution in [2.24, 2.45) is 0 Å². The first kappa shape index (κ1) is 12.8. The van der Waals surface area contributed by atoms with Crippen molar-refractivity contribution in [3.05, 3.63) is 37.9 Å². The summed E-state index contributed by atoms with van der Waals surface area (Å²) in [6.07, 6.45) is -1.01. The molecule has 0 fully saturated rings.